The second kappa shape index (κ2) is 9.15. The molecule has 0 fully saturated rings. The van der Waals surface area contributed by atoms with Crippen LogP contribution in [-0.2, 0) is 16.0 Å². The van der Waals surface area contributed by atoms with Crippen LogP contribution in [0.1, 0.15) is 33.3 Å². The van der Waals surface area contributed by atoms with Crippen LogP contribution in [0.5, 0.6) is 5.75 Å². The van der Waals surface area contributed by atoms with E-state index in [0.717, 1.165) is 5.56 Å². The van der Waals surface area contributed by atoms with Crippen molar-refractivity contribution in [2.75, 3.05) is 6.61 Å². The molecule has 0 aromatic heterocycles. The highest BCUT2D eigenvalue weighted by molar-refractivity contribution is 5.80. The van der Waals surface area contributed by atoms with Crippen molar-refractivity contribution in [2.24, 2.45) is 0 Å². The third-order valence-corrected chi connectivity index (χ3v) is 3.05. The number of hydrogen-bond acceptors (Lipinski definition) is 4. The molecule has 23 heavy (non-hydrogen) atoms. The van der Waals surface area contributed by atoms with Gasteiger partial charge in [-0.1, -0.05) is 12.1 Å². The summed E-state index contributed by atoms with van der Waals surface area (Å²) in [7, 11) is 0. The topological polar surface area (TPSA) is 87.7 Å². The smallest absolute Gasteiger partial charge is 0.258 e. The van der Waals surface area contributed by atoms with Crippen LogP contribution in [0.3, 0.4) is 0 Å². The van der Waals surface area contributed by atoms with Crippen LogP contribution in [0.2, 0.25) is 0 Å². The molecule has 0 heterocycles. The van der Waals surface area contributed by atoms with Gasteiger partial charge in [0.25, 0.3) is 5.91 Å². The third-order valence-electron chi connectivity index (χ3n) is 3.05. The van der Waals surface area contributed by atoms with Crippen LogP contribution in [0.4, 0.5) is 0 Å². The first-order valence-corrected chi connectivity index (χ1v) is 7.77. The molecule has 0 aliphatic heterocycles. The normalized spacial score (nSPS) is 13.3. The molecule has 2 atom stereocenters. The van der Waals surface area contributed by atoms with Gasteiger partial charge in [-0.2, -0.15) is 0 Å². The van der Waals surface area contributed by atoms with Gasteiger partial charge in [-0.25, -0.2) is 0 Å². The van der Waals surface area contributed by atoms with Crippen LogP contribution < -0.4 is 15.4 Å². The molecule has 0 saturated heterocycles. The molecule has 0 aliphatic carbocycles. The molecule has 0 aliphatic rings. The van der Waals surface area contributed by atoms with Crippen molar-refractivity contribution in [1.29, 1.82) is 0 Å². The molecule has 1 aromatic rings. The summed E-state index contributed by atoms with van der Waals surface area (Å²) < 4.78 is 5.41. The number of aliphatic hydroxyl groups is 1. The first-order chi connectivity index (χ1) is 10.8. The summed E-state index contributed by atoms with van der Waals surface area (Å²) in [6.45, 7) is 7.08. The Morgan fingerprint density at radius 3 is 2.22 bits per heavy atom. The Labute approximate surface area is 137 Å². The number of hydrogen-bond donors (Lipinski definition) is 3. The van der Waals surface area contributed by atoms with Gasteiger partial charge in [0.15, 0.2) is 6.61 Å². The lowest BCUT2D eigenvalue weighted by atomic mass is 10.1. The van der Waals surface area contributed by atoms with Crippen LogP contribution >= 0.6 is 0 Å². The number of rotatable bonds is 8. The first kappa shape index (κ1) is 19.0. The maximum absolute atomic E-state index is 11.5. The van der Waals surface area contributed by atoms with E-state index in [2.05, 4.69) is 10.6 Å². The molecule has 1 rings (SSSR count). The Hall–Kier alpha value is -2.08. The van der Waals surface area contributed by atoms with Crippen LogP contribution in [0.25, 0.3) is 0 Å². The predicted molar refractivity (Wildman–Crippen MR) is 88.2 cm³/mol. The molecule has 6 heteroatoms. The average molecular weight is 322 g/mol. The monoisotopic (exact) mass is 322 g/mol. The lowest BCUT2D eigenvalue weighted by Crippen LogP contribution is -2.39. The first-order valence-electron chi connectivity index (χ1n) is 7.77. The maximum Gasteiger partial charge on any atom is 0.258 e. The number of amides is 2. The summed E-state index contributed by atoms with van der Waals surface area (Å²) in [5, 5.41) is 14.7. The number of carbonyl (C=O) groups is 2. The molecule has 128 valence electrons. The average Bonchev–Trinajstić information content (AvgIpc) is 2.45. The lowest BCUT2D eigenvalue weighted by Gasteiger charge is -2.15. The van der Waals surface area contributed by atoms with Gasteiger partial charge in [-0.15, -0.1) is 0 Å². The van der Waals surface area contributed by atoms with Gasteiger partial charge in [-0.05, 0) is 51.8 Å². The van der Waals surface area contributed by atoms with Crippen molar-refractivity contribution in [3.05, 3.63) is 29.8 Å². The van der Waals surface area contributed by atoms with Gasteiger partial charge in [0.1, 0.15) is 11.9 Å². The minimum absolute atomic E-state index is 0.0155. The highest BCUT2D eigenvalue weighted by Crippen LogP contribution is 2.13. The van der Waals surface area contributed by atoms with E-state index in [9.17, 15) is 9.59 Å². The molecule has 2 amide bonds. The Bertz CT molecular complexity index is 512. The quantitative estimate of drug-likeness (QED) is 0.667. The Kier molecular flexibility index (Phi) is 7.54. The van der Waals surface area contributed by atoms with Crippen molar-refractivity contribution in [2.45, 2.75) is 52.3 Å². The lowest BCUT2D eigenvalue weighted by molar-refractivity contribution is -0.129. The molecule has 1 aromatic carbocycles. The van der Waals surface area contributed by atoms with Gasteiger partial charge in [-0.3, -0.25) is 9.59 Å². The van der Waals surface area contributed by atoms with E-state index in [-0.39, 0.29) is 30.5 Å². The summed E-state index contributed by atoms with van der Waals surface area (Å²) in [6.07, 6.45) is -0.364. The van der Waals surface area contributed by atoms with Crippen molar-refractivity contribution in [3.63, 3.8) is 0 Å². The summed E-state index contributed by atoms with van der Waals surface area (Å²) >= 11 is 0. The Morgan fingerprint density at radius 2 is 1.70 bits per heavy atom. The van der Waals surface area contributed by atoms with E-state index >= 15 is 0 Å². The minimum Gasteiger partial charge on any atom is -0.484 e. The summed E-state index contributed by atoms with van der Waals surface area (Å²) in [5.74, 6) is 0.0838. The van der Waals surface area contributed by atoms with E-state index in [1.807, 2.05) is 32.9 Å². The van der Waals surface area contributed by atoms with Crippen LogP contribution in [0, 0.1) is 0 Å². The number of aliphatic hydroxyl groups excluding tert-OH is 1. The summed E-state index contributed by atoms with van der Waals surface area (Å²) in [4.78, 5) is 22.9. The molecule has 2 unspecified atom stereocenters. The van der Waals surface area contributed by atoms with Crippen molar-refractivity contribution in [3.8, 4) is 5.75 Å². The fraction of sp³-hybridized carbons (Fsp3) is 0.529. The molecule has 0 bridgehead atoms. The van der Waals surface area contributed by atoms with Crippen LogP contribution in [0.15, 0.2) is 24.3 Å². The summed E-state index contributed by atoms with van der Waals surface area (Å²) in [6, 6.07) is 7.37. The molecular weight excluding hydrogens is 296 g/mol. The minimum atomic E-state index is -1.01. The standard InChI is InChI=1S/C17H26N2O4/c1-11(2)18-16(21)10-23-15-7-5-14(6-8-15)9-12(3)19-17(22)13(4)20/h5-8,11-13,20H,9-10H2,1-4H3,(H,18,21)(H,19,22). The number of carbonyl (C=O) groups excluding carboxylic acids is 2. The van der Waals surface area contributed by atoms with E-state index in [1.165, 1.54) is 6.92 Å². The van der Waals surface area contributed by atoms with E-state index in [0.29, 0.717) is 12.2 Å². The fourth-order valence-corrected chi connectivity index (χ4v) is 2.00. The van der Waals surface area contributed by atoms with Gasteiger partial charge in [0.05, 0.1) is 0 Å². The second-order valence-electron chi connectivity index (χ2n) is 5.94. The van der Waals surface area contributed by atoms with Crippen molar-refractivity contribution < 1.29 is 19.4 Å². The molecule has 6 nitrogen and oxygen atoms in total. The molecule has 0 radical (unpaired) electrons. The largest absolute Gasteiger partial charge is 0.484 e. The predicted octanol–water partition coefficient (Wildman–Crippen LogP) is 1.02. The zero-order valence-electron chi connectivity index (χ0n) is 14.1. The molecular formula is C17H26N2O4. The Morgan fingerprint density at radius 1 is 1.09 bits per heavy atom. The maximum atomic E-state index is 11.5. The zero-order chi connectivity index (χ0) is 17.4. The van der Waals surface area contributed by atoms with Crippen molar-refractivity contribution in [1.82, 2.24) is 10.6 Å². The summed E-state index contributed by atoms with van der Waals surface area (Å²) in [5.41, 5.74) is 1.03. The van der Waals surface area contributed by atoms with Crippen molar-refractivity contribution >= 4 is 11.8 Å². The SMILES string of the molecule is CC(C)NC(=O)COc1ccc(CC(C)NC(=O)C(C)O)cc1. The molecule has 0 saturated carbocycles. The zero-order valence-corrected chi connectivity index (χ0v) is 14.1. The highest BCUT2D eigenvalue weighted by atomic mass is 16.5. The van der Waals surface area contributed by atoms with E-state index in [1.54, 1.807) is 12.1 Å². The molecule has 0 spiro atoms. The van der Waals surface area contributed by atoms with Crippen LogP contribution in [-0.4, -0.2) is 41.7 Å². The fourth-order valence-electron chi connectivity index (χ4n) is 2.00. The van der Waals surface area contributed by atoms with Gasteiger partial charge >= 0.3 is 0 Å². The Balaban J connectivity index is 2.44. The van der Waals surface area contributed by atoms with E-state index < -0.39 is 6.10 Å². The van der Waals surface area contributed by atoms with Gasteiger partial charge < -0.3 is 20.5 Å². The number of nitrogens with one attached hydrogen (secondary N) is 2. The molecule has 3 N–H and O–H groups in total. The van der Waals surface area contributed by atoms with Gasteiger partial charge in [0.2, 0.25) is 5.91 Å². The second-order valence-corrected chi connectivity index (χ2v) is 5.94. The van der Waals surface area contributed by atoms with E-state index in [4.69, 9.17) is 9.84 Å². The third kappa shape index (κ3) is 7.65. The highest BCUT2D eigenvalue weighted by Gasteiger charge is 2.12. The number of benzene rings is 1. The number of ether oxygens (including phenoxy) is 1. The van der Waals surface area contributed by atoms with Gasteiger partial charge in [0, 0.05) is 12.1 Å².